The second-order valence-electron chi connectivity index (χ2n) is 4.19. The maximum absolute atomic E-state index is 11.7. The van der Waals surface area contributed by atoms with Crippen LogP contribution in [0.1, 0.15) is 0 Å². The molecule has 0 unspecified atom stereocenters. The van der Waals surface area contributed by atoms with Gasteiger partial charge in [0.15, 0.2) is 11.2 Å². The first kappa shape index (κ1) is 17.3. The van der Waals surface area contributed by atoms with Gasteiger partial charge in [0.2, 0.25) is 0 Å². The van der Waals surface area contributed by atoms with Crippen molar-refractivity contribution in [1.82, 2.24) is 19.5 Å². The molecule has 1 aromatic carbocycles. The van der Waals surface area contributed by atoms with Crippen molar-refractivity contribution < 1.29 is 51.4 Å². The first-order chi connectivity index (χ1) is 10.1. The SMILES string of the molecule is O=c1ccn(-c2cc(-c3cccc(Cl)c3)ncn2)c(=O)[n-]1.[K+]. The number of rotatable bonds is 2. The zero-order valence-electron chi connectivity index (χ0n) is 11.6. The Labute approximate surface area is 172 Å². The Hall–Kier alpha value is -1.09. The first-order valence-electron chi connectivity index (χ1n) is 5.98. The molecule has 0 bridgehead atoms. The molecular formula is C14H8ClKN4O2. The predicted molar refractivity (Wildman–Crippen MR) is 77.7 cm³/mol. The summed E-state index contributed by atoms with van der Waals surface area (Å²) in [6.45, 7) is 0. The third-order valence-electron chi connectivity index (χ3n) is 2.80. The van der Waals surface area contributed by atoms with Crippen LogP contribution < -0.4 is 67.6 Å². The molecule has 0 aliphatic carbocycles. The third-order valence-corrected chi connectivity index (χ3v) is 3.03. The van der Waals surface area contributed by atoms with E-state index in [1.165, 1.54) is 23.2 Å². The van der Waals surface area contributed by atoms with E-state index in [0.29, 0.717) is 16.5 Å². The summed E-state index contributed by atoms with van der Waals surface area (Å²) in [5.41, 5.74) is 0.145. The van der Waals surface area contributed by atoms with Crippen LogP contribution >= 0.6 is 11.6 Å². The van der Waals surface area contributed by atoms with Crippen molar-refractivity contribution in [2.75, 3.05) is 0 Å². The van der Waals surface area contributed by atoms with E-state index in [1.807, 2.05) is 6.07 Å². The van der Waals surface area contributed by atoms with Crippen LogP contribution in [0.15, 0.2) is 58.5 Å². The summed E-state index contributed by atoms with van der Waals surface area (Å²) in [5.74, 6) is 0.331. The van der Waals surface area contributed by atoms with Gasteiger partial charge in [-0.15, -0.1) is 0 Å². The molecule has 0 saturated carbocycles. The number of benzene rings is 1. The number of nitrogens with zero attached hydrogens (tertiary/aromatic N) is 4. The van der Waals surface area contributed by atoms with Gasteiger partial charge < -0.3 is 9.55 Å². The number of aromatic nitrogens is 4. The van der Waals surface area contributed by atoms with E-state index in [4.69, 9.17) is 11.6 Å². The summed E-state index contributed by atoms with van der Waals surface area (Å²) in [7, 11) is 0. The van der Waals surface area contributed by atoms with E-state index in [1.54, 1.807) is 24.3 Å². The van der Waals surface area contributed by atoms with E-state index in [0.717, 1.165) is 5.56 Å². The Morgan fingerprint density at radius 1 is 1.09 bits per heavy atom. The van der Waals surface area contributed by atoms with Gasteiger partial charge in [-0.2, -0.15) is 0 Å². The molecular weight excluding hydrogens is 331 g/mol. The fourth-order valence-electron chi connectivity index (χ4n) is 1.85. The topological polar surface area (TPSA) is 78.9 Å². The van der Waals surface area contributed by atoms with Crippen LogP contribution in [0.4, 0.5) is 0 Å². The van der Waals surface area contributed by atoms with Crippen LogP contribution in [0.3, 0.4) is 0 Å². The Morgan fingerprint density at radius 2 is 1.91 bits per heavy atom. The zero-order valence-corrected chi connectivity index (χ0v) is 15.5. The predicted octanol–water partition coefficient (Wildman–Crippen LogP) is -1.73. The summed E-state index contributed by atoms with van der Waals surface area (Å²) < 4.78 is 1.18. The normalized spacial score (nSPS) is 10.0. The van der Waals surface area contributed by atoms with Crippen molar-refractivity contribution in [2.45, 2.75) is 0 Å². The van der Waals surface area contributed by atoms with Gasteiger partial charge in [-0.1, -0.05) is 29.9 Å². The Balaban J connectivity index is 0.00000176. The second kappa shape index (κ2) is 7.45. The molecule has 2 heterocycles. The second-order valence-corrected chi connectivity index (χ2v) is 4.63. The quantitative estimate of drug-likeness (QED) is 0.519. The summed E-state index contributed by atoms with van der Waals surface area (Å²) >= 11 is 5.95. The molecule has 0 radical (unpaired) electrons. The molecule has 0 fully saturated rings. The first-order valence-corrected chi connectivity index (χ1v) is 6.36. The van der Waals surface area contributed by atoms with Crippen molar-refractivity contribution in [3.8, 4) is 17.1 Å². The van der Waals surface area contributed by atoms with Crippen LogP contribution in [-0.4, -0.2) is 14.5 Å². The van der Waals surface area contributed by atoms with Gasteiger partial charge >= 0.3 is 51.4 Å². The smallest absolute Gasteiger partial charge is 0.375 e. The Morgan fingerprint density at radius 3 is 2.64 bits per heavy atom. The van der Waals surface area contributed by atoms with Crippen LogP contribution in [0.5, 0.6) is 0 Å². The van der Waals surface area contributed by atoms with Crippen molar-refractivity contribution in [3.63, 3.8) is 0 Å². The third kappa shape index (κ3) is 3.81. The van der Waals surface area contributed by atoms with Gasteiger partial charge in [-0.25, -0.2) is 9.97 Å². The van der Waals surface area contributed by atoms with E-state index in [9.17, 15) is 9.59 Å². The van der Waals surface area contributed by atoms with Crippen molar-refractivity contribution in [3.05, 3.63) is 74.8 Å². The van der Waals surface area contributed by atoms with Gasteiger partial charge in [-0.05, 0) is 24.3 Å². The van der Waals surface area contributed by atoms with Crippen LogP contribution in [0.25, 0.3) is 17.1 Å². The fourth-order valence-corrected chi connectivity index (χ4v) is 2.04. The van der Waals surface area contributed by atoms with E-state index in [-0.39, 0.29) is 51.4 Å². The minimum Gasteiger partial charge on any atom is -0.375 e. The van der Waals surface area contributed by atoms with E-state index in [2.05, 4.69) is 15.0 Å². The summed E-state index contributed by atoms with van der Waals surface area (Å²) in [4.78, 5) is 34.3. The van der Waals surface area contributed by atoms with E-state index < -0.39 is 11.2 Å². The minimum atomic E-state index is -0.682. The molecule has 6 nitrogen and oxygen atoms in total. The molecule has 0 aliphatic rings. The summed E-state index contributed by atoms with van der Waals surface area (Å²) in [6.07, 6.45) is 2.67. The molecule has 0 spiro atoms. The maximum Gasteiger partial charge on any atom is 1.00 e. The minimum absolute atomic E-state index is 0. The van der Waals surface area contributed by atoms with Crippen LogP contribution in [-0.2, 0) is 0 Å². The molecule has 2 aromatic heterocycles. The van der Waals surface area contributed by atoms with Gasteiger partial charge in [-0.3, -0.25) is 9.59 Å². The average molecular weight is 339 g/mol. The van der Waals surface area contributed by atoms with Crippen molar-refractivity contribution in [2.24, 2.45) is 0 Å². The van der Waals surface area contributed by atoms with Gasteiger partial charge in [0.25, 0.3) is 0 Å². The van der Waals surface area contributed by atoms with Gasteiger partial charge in [0.1, 0.15) is 6.33 Å². The monoisotopic (exact) mass is 338 g/mol. The summed E-state index contributed by atoms with van der Waals surface area (Å²) in [5, 5.41) is 0.585. The molecule has 8 heteroatoms. The zero-order chi connectivity index (χ0) is 14.8. The van der Waals surface area contributed by atoms with Crippen molar-refractivity contribution >= 4 is 11.6 Å². The maximum atomic E-state index is 11.7. The molecule has 0 amide bonds. The molecule has 22 heavy (non-hydrogen) atoms. The molecule has 3 rings (SSSR count). The molecule has 104 valence electrons. The standard InChI is InChI=1S/C14H9ClN4O2.K/c15-10-3-1-2-9(6-10)11-7-12(17-8-16-11)19-5-4-13(20)18-14(19)21;/h1-8H,(H,18,20,21);/q;+1/p-1. The van der Waals surface area contributed by atoms with Crippen LogP contribution in [0, 0.1) is 0 Å². The summed E-state index contributed by atoms with van der Waals surface area (Å²) in [6, 6.07) is 9.99. The number of hydrogen-bond donors (Lipinski definition) is 0. The number of halogens is 1. The molecule has 3 aromatic rings. The molecule has 0 saturated heterocycles. The van der Waals surface area contributed by atoms with Gasteiger partial charge in [0.05, 0.1) is 11.5 Å². The van der Waals surface area contributed by atoms with E-state index >= 15 is 0 Å². The van der Waals surface area contributed by atoms with Crippen LogP contribution in [0.2, 0.25) is 5.02 Å². The van der Waals surface area contributed by atoms with Gasteiger partial charge in [0, 0.05) is 10.6 Å². The molecule has 0 atom stereocenters. The molecule has 0 aliphatic heterocycles. The fraction of sp³-hybridized carbons (Fsp3) is 0. The Kier molecular flexibility index (Phi) is 5.85. The molecule has 0 N–H and O–H groups in total. The number of hydrogen-bond acceptors (Lipinski definition) is 4. The van der Waals surface area contributed by atoms with Crippen molar-refractivity contribution in [1.29, 1.82) is 0 Å². The largest absolute Gasteiger partial charge is 1.00 e. The Bertz CT molecular complexity index is 923. The average Bonchev–Trinajstić information content (AvgIpc) is 2.47.